The van der Waals surface area contributed by atoms with Gasteiger partial charge in [0.2, 0.25) is 11.8 Å². The van der Waals surface area contributed by atoms with Crippen molar-refractivity contribution in [3.05, 3.63) is 71.8 Å². The summed E-state index contributed by atoms with van der Waals surface area (Å²) in [5.41, 5.74) is -1.92. The summed E-state index contributed by atoms with van der Waals surface area (Å²) >= 11 is 0. The number of ether oxygens (including phenoxy) is 1. The van der Waals surface area contributed by atoms with Crippen molar-refractivity contribution < 1.29 is 42.6 Å². The third-order valence-corrected chi connectivity index (χ3v) is 5.86. The summed E-state index contributed by atoms with van der Waals surface area (Å²) in [6.45, 7) is 3.47. The maximum Gasteiger partial charge on any atom is 0.408 e. The summed E-state index contributed by atoms with van der Waals surface area (Å²) in [7, 11) is 0. The maximum atomic E-state index is 14.6. The number of amides is 4. The average molecular weight is 563 g/mol. The number of carbonyl (C=O) groups is 5. The minimum Gasteiger partial charge on any atom is -0.480 e. The molecule has 0 aromatic heterocycles. The lowest BCUT2D eigenvalue weighted by molar-refractivity contribution is -0.142. The van der Waals surface area contributed by atoms with Crippen LogP contribution in [0.1, 0.15) is 31.9 Å². The van der Waals surface area contributed by atoms with E-state index in [1.807, 2.05) is 5.32 Å². The average Bonchev–Trinajstić information content (AvgIpc) is 2.92. The molecule has 216 valence electrons. The topological polar surface area (TPSA) is 163 Å². The SMILES string of the molecule is C[C@H](NC(=O)[C@H](C)NC(=O)[C@H](C)NC(=O)C(Cc1ccccc1)(NC(=O)OCc1ccccc1)C(F)F)C(=O)O. The Morgan fingerprint density at radius 2 is 1.25 bits per heavy atom. The summed E-state index contributed by atoms with van der Waals surface area (Å²) in [6.07, 6.45) is -5.32. The molecule has 0 bridgehead atoms. The first-order valence-electron chi connectivity index (χ1n) is 12.3. The molecule has 1 unspecified atom stereocenters. The lowest BCUT2D eigenvalue weighted by Crippen LogP contribution is -2.66. The fourth-order valence-electron chi connectivity index (χ4n) is 3.47. The fraction of sp³-hybridized carbons (Fsp3) is 0.370. The van der Waals surface area contributed by atoms with Crippen LogP contribution in [0, 0.1) is 0 Å². The highest BCUT2D eigenvalue weighted by Gasteiger charge is 2.50. The number of hydrogen-bond donors (Lipinski definition) is 5. The Morgan fingerprint density at radius 1 is 0.775 bits per heavy atom. The van der Waals surface area contributed by atoms with E-state index in [-0.39, 0.29) is 6.61 Å². The standard InChI is InChI=1S/C27H32F2N4O7/c1-16(21(34)31-18(3)23(36)37)30-22(35)17(2)32-25(38)27(24(28)29,14-19-10-6-4-7-11-19)33-26(39)40-15-20-12-8-5-9-13-20/h4-13,16-18,24H,14-15H2,1-3H3,(H,30,35)(H,31,34)(H,32,38)(H,33,39)(H,36,37)/t16-,17-,18-,27?/m0/s1. The number of rotatable bonds is 13. The van der Waals surface area contributed by atoms with E-state index < -0.39 is 66.3 Å². The molecular formula is C27H32F2N4O7. The van der Waals surface area contributed by atoms with Crippen molar-refractivity contribution >= 4 is 29.8 Å². The Morgan fingerprint density at radius 3 is 1.75 bits per heavy atom. The third-order valence-electron chi connectivity index (χ3n) is 5.86. The van der Waals surface area contributed by atoms with E-state index in [4.69, 9.17) is 9.84 Å². The highest BCUT2D eigenvalue weighted by Crippen LogP contribution is 2.23. The number of hydrogen-bond acceptors (Lipinski definition) is 6. The first kappa shape index (κ1) is 31.7. The Bertz CT molecular complexity index is 1180. The van der Waals surface area contributed by atoms with E-state index in [1.54, 1.807) is 48.5 Å². The number of aliphatic carboxylic acids is 1. The Hall–Kier alpha value is -4.55. The van der Waals surface area contributed by atoms with Gasteiger partial charge >= 0.3 is 12.1 Å². The smallest absolute Gasteiger partial charge is 0.408 e. The van der Waals surface area contributed by atoms with E-state index in [0.29, 0.717) is 11.1 Å². The van der Waals surface area contributed by atoms with Crippen molar-refractivity contribution in [3.8, 4) is 0 Å². The van der Waals surface area contributed by atoms with Crippen molar-refractivity contribution in [2.75, 3.05) is 0 Å². The van der Waals surface area contributed by atoms with Crippen molar-refractivity contribution in [2.24, 2.45) is 0 Å². The largest absolute Gasteiger partial charge is 0.480 e. The van der Waals surface area contributed by atoms with Gasteiger partial charge in [0.15, 0.2) is 5.54 Å². The quantitative estimate of drug-likeness (QED) is 0.248. The van der Waals surface area contributed by atoms with Crippen LogP contribution in [-0.2, 0) is 36.9 Å². The van der Waals surface area contributed by atoms with E-state index in [2.05, 4.69) is 16.0 Å². The summed E-state index contributed by atoms with van der Waals surface area (Å²) in [5, 5.41) is 17.6. The molecule has 0 heterocycles. The van der Waals surface area contributed by atoms with Crippen molar-refractivity contribution in [3.63, 3.8) is 0 Å². The van der Waals surface area contributed by atoms with Gasteiger partial charge in [0.25, 0.3) is 12.3 Å². The van der Waals surface area contributed by atoms with E-state index in [9.17, 15) is 32.8 Å². The van der Waals surface area contributed by atoms with Crippen molar-refractivity contribution in [1.82, 2.24) is 21.3 Å². The molecule has 0 aliphatic heterocycles. The van der Waals surface area contributed by atoms with Gasteiger partial charge in [0, 0.05) is 6.42 Å². The second-order valence-corrected chi connectivity index (χ2v) is 9.12. The second-order valence-electron chi connectivity index (χ2n) is 9.12. The monoisotopic (exact) mass is 562 g/mol. The van der Waals surface area contributed by atoms with Crippen LogP contribution < -0.4 is 21.3 Å². The zero-order valence-electron chi connectivity index (χ0n) is 22.1. The highest BCUT2D eigenvalue weighted by molar-refractivity contribution is 5.96. The molecule has 13 heteroatoms. The summed E-state index contributed by atoms with van der Waals surface area (Å²) in [4.78, 5) is 61.6. The number of halogens is 2. The van der Waals surface area contributed by atoms with Crippen LogP contribution in [0.4, 0.5) is 13.6 Å². The Kier molecular flexibility index (Phi) is 11.5. The number of benzene rings is 2. The molecule has 5 N–H and O–H groups in total. The normalized spacial score (nSPS) is 14.6. The van der Waals surface area contributed by atoms with Crippen LogP contribution in [0.2, 0.25) is 0 Å². The van der Waals surface area contributed by atoms with Gasteiger partial charge in [-0.15, -0.1) is 0 Å². The molecule has 0 fully saturated rings. The Balaban J connectivity index is 2.19. The van der Waals surface area contributed by atoms with Crippen LogP contribution in [0.15, 0.2) is 60.7 Å². The van der Waals surface area contributed by atoms with E-state index in [1.165, 1.54) is 32.9 Å². The zero-order chi connectivity index (χ0) is 29.9. The van der Waals surface area contributed by atoms with Crippen LogP contribution >= 0.6 is 0 Å². The molecule has 0 aliphatic carbocycles. The van der Waals surface area contributed by atoms with Crippen LogP contribution in [0.3, 0.4) is 0 Å². The number of alkyl carbamates (subject to hydrolysis) is 1. The van der Waals surface area contributed by atoms with Crippen molar-refractivity contribution in [1.29, 1.82) is 0 Å². The molecule has 2 aromatic carbocycles. The summed E-state index contributed by atoms with van der Waals surface area (Å²) in [5.74, 6) is -4.37. The number of carbonyl (C=O) groups excluding carboxylic acids is 4. The molecule has 0 saturated heterocycles. The van der Waals surface area contributed by atoms with Gasteiger partial charge in [-0.1, -0.05) is 60.7 Å². The van der Waals surface area contributed by atoms with Gasteiger partial charge in [-0.05, 0) is 31.9 Å². The number of nitrogens with one attached hydrogen (secondary N) is 4. The summed E-state index contributed by atoms with van der Waals surface area (Å²) < 4.78 is 34.3. The highest BCUT2D eigenvalue weighted by atomic mass is 19.3. The molecule has 0 aliphatic rings. The maximum absolute atomic E-state index is 14.6. The Labute approximate surface area is 229 Å². The van der Waals surface area contributed by atoms with Gasteiger partial charge in [-0.2, -0.15) is 0 Å². The van der Waals surface area contributed by atoms with Crippen molar-refractivity contribution in [2.45, 2.75) is 63.9 Å². The van der Waals surface area contributed by atoms with Gasteiger partial charge in [0.1, 0.15) is 24.7 Å². The predicted octanol–water partition coefficient (Wildman–Crippen LogP) is 1.76. The molecule has 0 radical (unpaired) electrons. The van der Waals surface area contributed by atoms with E-state index in [0.717, 1.165) is 0 Å². The molecule has 0 saturated carbocycles. The molecule has 2 rings (SSSR count). The van der Waals surface area contributed by atoms with Crippen LogP contribution in [0.5, 0.6) is 0 Å². The molecule has 0 spiro atoms. The van der Waals surface area contributed by atoms with Gasteiger partial charge in [0.05, 0.1) is 0 Å². The van der Waals surface area contributed by atoms with Gasteiger partial charge < -0.3 is 31.1 Å². The number of carboxylic acids is 1. The second kappa shape index (κ2) is 14.6. The lowest BCUT2D eigenvalue weighted by atomic mass is 9.89. The van der Waals surface area contributed by atoms with E-state index >= 15 is 0 Å². The molecular weight excluding hydrogens is 530 g/mol. The summed E-state index contributed by atoms with van der Waals surface area (Å²) in [6, 6.07) is 12.4. The van der Waals surface area contributed by atoms with Gasteiger partial charge in [-0.25, -0.2) is 13.6 Å². The molecule has 11 nitrogen and oxygen atoms in total. The van der Waals surface area contributed by atoms with Crippen LogP contribution in [-0.4, -0.2) is 65.0 Å². The minimum absolute atomic E-state index is 0.238. The minimum atomic E-state index is -3.42. The molecule has 4 atom stereocenters. The zero-order valence-corrected chi connectivity index (χ0v) is 22.1. The molecule has 2 aromatic rings. The molecule has 40 heavy (non-hydrogen) atoms. The lowest BCUT2D eigenvalue weighted by Gasteiger charge is -2.33. The van der Waals surface area contributed by atoms with Crippen LogP contribution in [0.25, 0.3) is 0 Å². The van der Waals surface area contributed by atoms with Gasteiger partial charge in [-0.3, -0.25) is 19.2 Å². The molecule has 4 amide bonds. The first-order valence-corrected chi connectivity index (χ1v) is 12.3. The number of alkyl halides is 2. The predicted molar refractivity (Wildman–Crippen MR) is 139 cm³/mol. The number of carboxylic acid groups (broad SMARTS) is 1. The first-order chi connectivity index (χ1) is 18.9. The third kappa shape index (κ3) is 9.03. The fourth-order valence-corrected chi connectivity index (χ4v) is 3.47.